The summed E-state index contributed by atoms with van der Waals surface area (Å²) >= 11 is 2.78. The van der Waals surface area contributed by atoms with Crippen LogP contribution in [0.3, 0.4) is 0 Å². The second-order valence-electron chi connectivity index (χ2n) is 7.35. The third-order valence-corrected chi connectivity index (χ3v) is 6.85. The minimum atomic E-state index is -0.479. The number of thioether (sulfide) groups is 1. The molecule has 0 saturated carbocycles. The van der Waals surface area contributed by atoms with Crippen molar-refractivity contribution in [3.8, 4) is 17.5 Å². The van der Waals surface area contributed by atoms with Crippen molar-refractivity contribution < 1.29 is 9.53 Å². The molecule has 1 heterocycles. The van der Waals surface area contributed by atoms with Gasteiger partial charge in [0.05, 0.1) is 16.8 Å². The third kappa shape index (κ3) is 5.99. The van der Waals surface area contributed by atoms with Crippen LogP contribution in [0.5, 0.6) is 5.75 Å². The van der Waals surface area contributed by atoms with Crippen LogP contribution in [-0.2, 0) is 4.79 Å². The maximum Gasteiger partial charge on any atom is 0.273 e. The SMILES string of the molecule is CCCCNC(=O)/C(C#N)=c1\s/c(=C\c2ccc(SC)cc2)c(=O)n1-c1ccc(OCC)cc1. The summed E-state index contributed by atoms with van der Waals surface area (Å²) in [4.78, 5) is 27.4. The van der Waals surface area contributed by atoms with Gasteiger partial charge in [0.2, 0.25) is 0 Å². The molecule has 0 unspecified atom stereocenters. The Hall–Kier alpha value is -3.28. The van der Waals surface area contributed by atoms with Crippen LogP contribution in [-0.4, -0.2) is 29.9 Å². The van der Waals surface area contributed by atoms with Gasteiger partial charge in [-0.1, -0.05) is 25.5 Å². The number of hydrogen-bond acceptors (Lipinski definition) is 6. The van der Waals surface area contributed by atoms with E-state index < -0.39 is 5.91 Å². The Morgan fingerprint density at radius 1 is 1.18 bits per heavy atom. The highest BCUT2D eigenvalue weighted by atomic mass is 32.2. The average Bonchev–Trinajstić information content (AvgIpc) is 3.16. The zero-order valence-electron chi connectivity index (χ0n) is 19.5. The first-order chi connectivity index (χ1) is 16.5. The third-order valence-electron chi connectivity index (χ3n) is 5.01. The second-order valence-corrected chi connectivity index (χ2v) is 9.26. The molecule has 1 amide bonds. The van der Waals surface area contributed by atoms with Gasteiger partial charge in [-0.3, -0.25) is 14.2 Å². The maximum atomic E-state index is 13.5. The lowest BCUT2D eigenvalue weighted by Gasteiger charge is -2.07. The molecule has 34 heavy (non-hydrogen) atoms. The van der Waals surface area contributed by atoms with E-state index in [1.54, 1.807) is 42.1 Å². The minimum Gasteiger partial charge on any atom is -0.494 e. The van der Waals surface area contributed by atoms with Crippen molar-refractivity contribution in [2.75, 3.05) is 19.4 Å². The molecule has 6 nitrogen and oxygen atoms in total. The fourth-order valence-electron chi connectivity index (χ4n) is 3.26. The maximum absolute atomic E-state index is 13.5. The summed E-state index contributed by atoms with van der Waals surface area (Å²) in [6.45, 7) is 4.92. The summed E-state index contributed by atoms with van der Waals surface area (Å²) in [5, 5.41) is 12.6. The van der Waals surface area contributed by atoms with Crippen LogP contribution in [0, 0.1) is 11.3 Å². The zero-order chi connectivity index (χ0) is 24.5. The molecule has 1 N–H and O–H groups in total. The van der Waals surface area contributed by atoms with Crippen LogP contribution in [0.25, 0.3) is 17.3 Å². The Labute approximate surface area is 207 Å². The Morgan fingerprint density at radius 2 is 1.88 bits per heavy atom. The van der Waals surface area contributed by atoms with E-state index in [1.165, 1.54) is 4.57 Å². The minimum absolute atomic E-state index is 0.0792. The van der Waals surface area contributed by atoms with E-state index in [-0.39, 0.29) is 11.1 Å². The number of nitrogens with zero attached hydrogens (tertiary/aromatic N) is 2. The molecule has 0 bridgehead atoms. The molecule has 0 fully saturated rings. The van der Waals surface area contributed by atoms with E-state index in [9.17, 15) is 14.9 Å². The summed E-state index contributed by atoms with van der Waals surface area (Å²) in [6.07, 6.45) is 5.53. The van der Waals surface area contributed by atoms with E-state index in [4.69, 9.17) is 4.74 Å². The molecule has 8 heteroatoms. The van der Waals surface area contributed by atoms with E-state index in [1.807, 2.05) is 50.4 Å². The predicted octanol–water partition coefficient (Wildman–Crippen LogP) is 3.44. The molecule has 0 radical (unpaired) electrons. The summed E-state index contributed by atoms with van der Waals surface area (Å²) < 4.78 is 7.68. The Morgan fingerprint density at radius 3 is 2.47 bits per heavy atom. The van der Waals surface area contributed by atoms with E-state index in [0.717, 1.165) is 34.6 Å². The molecular formula is C26H27N3O3S2. The largest absolute Gasteiger partial charge is 0.494 e. The number of ether oxygens (including phenoxy) is 1. The van der Waals surface area contributed by atoms with Crippen molar-refractivity contribution >= 4 is 40.7 Å². The lowest BCUT2D eigenvalue weighted by molar-refractivity contribution is -0.115. The van der Waals surface area contributed by atoms with Gasteiger partial charge in [0.25, 0.3) is 11.5 Å². The molecule has 2 aromatic carbocycles. The topological polar surface area (TPSA) is 84.1 Å². The van der Waals surface area contributed by atoms with E-state index >= 15 is 0 Å². The molecule has 3 rings (SSSR count). The number of rotatable bonds is 9. The Kier molecular flexibility index (Phi) is 9.14. The second kappa shape index (κ2) is 12.3. The van der Waals surface area contributed by atoms with Gasteiger partial charge in [-0.15, -0.1) is 23.1 Å². The molecule has 3 aromatic rings. The van der Waals surface area contributed by atoms with Crippen LogP contribution in [0.15, 0.2) is 58.2 Å². The van der Waals surface area contributed by atoms with Crippen LogP contribution in [0.4, 0.5) is 0 Å². The normalized spacial score (nSPS) is 12.2. The van der Waals surface area contributed by atoms with Gasteiger partial charge < -0.3 is 10.1 Å². The van der Waals surface area contributed by atoms with Gasteiger partial charge in [0.15, 0.2) is 5.57 Å². The first-order valence-electron chi connectivity index (χ1n) is 11.1. The highest BCUT2D eigenvalue weighted by molar-refractivity contribution is 7.98. The van der Waals surface area contributed by atoms with Crippen molar-refractivity contribution in [2.45, 2.75) is 31.6 Å². The van der Waals surface area contributed by atoms with Crippen molar-refractivity contribution in [1.82, 2.24) is 9.88 Å². The van der Waals surface area contributed by atoms with Crippen molar-refractivity contribution in [3.05, 3.63) is 73.6 Å². The van der Waals surface area contributed by atoms with Gasteiger partial charge in [0, 0.05) is 11.4 Å². The number of nitriles is 1. The van der Waals surface area contributed by atoms with Gasteiger partial charge >= 0.3 is 0 Å². The number of hydrogen-bond donors (Lipinski definition) is 1. The fourth-order valence-corrected chi connectivity index (χ4v) is 4.77. The highest BCUT2D eigenvalue weighted by Crippen LogP contribution is 2.16. The number of carbonyl (C=O) groups excluding carboxylic acids is 1. The number of nitrogens with one attached hydrogen (secondary N) is 1. The predicted molar refractivity (Wildman–Crippen MR) is 139 cm³/mol. The molecule has 0 atom stereocenters. The zero-order valence-corrected chi connectivity index (χ0v) is 21.1. The highest BCUT2D eigenvalue weighted by Gasteiger charge is 2.17. The smallest absolute Gasteiger partial charge is 0.273 e. The van der Waals surface area contributed by atoms with Crippen LogP contribution in [0.1, 0.15) is 32.3 Å². The van der Waals surface area contributed by atoms with Crippen molar-refractivity contribution in [2.24, 2.45) is 0 Å². The van der Waals surface area contributed by atoms with Crippen molar-refractivity contribution in [3.63, 3.8) is 0 Å². The number of unbranched alkanes of at least 4 members (excludes halogenated alkanes) is 1. The molecule has 0 spiro atoms. The summed E-state index contributed by atoms with van der Waals surface area (Å²) in [6, 6.07) is 16.9. The molecule has 176 valence electrons. The van der Waals surface area contributed by atoms with Gasteiger partial charge in [-0.2, -0.15) is 5.26 Å². The van der Waals surface area contributed by atoms with Gasteiger partial charge in [-0.05, 0) is 67.6 Å². The van der Waals surface area contributed by atoms with Crippen LogP contribution in [0.2, 0.25) is 0 Å². The molecular weight excluding hydrogens is 466 g/mol. The van der Waals surface area contributed by atoms with Crippen LogP contribution < -0.4 is 24.8 Å². The Balaban J connectivity index is 2.22. The molecule has 0 saturated heterocycles. The number of carbonyl (C=O) groups is 1. The number of thiazole rings is 1. The average molecular weight is 494 g/mol. The van der Waals surface area contributed by atoms with Crippen molar-refractivity contribution in [1.29, 1.82) is 5.26 Å². The lowest BCUT2D eigenvalue weighted by Crippen LogP contribution is -2.34. The monoisotopic (exact) mass is 493 g/mol. The van der Waals surface area contributed by atoms with Crippen LogP contribution >= 0.6 is 23.1 Å². The quantitative estimate of drug-likeness (QED) is 0.365. The van der Waals surface area contributed by atoms with E-state index in [0.29, 0.717) is 33.8 Å². The van der Waals surface area contributed by atoms with Gasteiger partial charge in [0.1, 0.15) is 16.5 Å². The summed E-state index contributed by atoms with van der Waals surface area (Å²) in [7, 11) is 0. The summed E-state index contributed by atoms with van der Waals surface area (Å²) in [5.74, 6) is 0.200. The standard InChI is InChI=1S/C26H27N3O3S2/c1-4-6-15-28-24(30)22(17-27)26-29(19-9-11-20(12-10-19)32-5-2)25(31)23(34-26)16-18-7-13-21(33-3)14-8-18/h7-14,16H,4-6,15H2,1-3H3,(H,28,30)/b23-16-,26-22-. The lowest BCUT2D eigenvalue weighted by atomic mass is 10.2. The fraction of sp³-hybridized carbons (Fsp3) is 0.269. The van der Waals surface area contributed by atoms with E-state index in [2.05, 4.69) is 5.32 Å². The summed E-state index contributed by atoms with van der Waals surface area (Å²) in [5.41, 5.74) is 1.07. The van der Waals surface area contributed by atoms with Gasteiger partial charge in [-0.25, -0.2) is 0 Å². The number of amides is 1. The Bertz CT molecular complexity index is 1350. The molecule has 0 aliphatic rings. The molecule has 1 aromatic heterocycles. The first-order valence-corrected chi connectivity index (χ1v) is 13.1. The molecule has 0 aliphatic heterocycles. The molecule has 0 aliphatic carbocycles. The number of benzene rings is 2. The first kappa shape index (κ1) is 25.3. The number of aromatic nitrogens is 1.